The molecule has 0 spiro atoms. The second-order valence-corrected chi connectivity index (χ2v) is 8.92. The molecule has 0 radical (unpaired) electrons. The van der Waals surface area contributed by atoms with E-state index in [1.807, 2.05) is 42.8 Å². The third-order valence-electron chi connectivity index (χ3n) is 4.69. The lowest BCUT2D eigenvalue weighted by Gasteiger charge is -2.10. The summed E-state index contributed by atoms with van der Waals surface area (Å²) in [6.07, 6.45) is 0. The predicted molar refractivity (Wildman–Crippen MR) is 116 cm³/mol. The number of aryl methyl sites for hydroxylation is 2. The third kappa shape index (κ3) is 3.44. The number of thiophene rings is 1. The topological polar surface area (TPSA) is 89.9 Å². The van der Waals surface area contributed by atoms with Crippen molar-refractivity contribution in [2.75, 3.05) is 6.61 Å². The Bertz CT molecular complexity index is 1290. The van der Waals surface area contributed by atoms with E-state index < -0.39 is 5.97 Å². The number of carbonyl (C=O) groups excluding carboxylic acids is 1. The number of hydrogen-bond acceptors (Lipinski definition) is 7. The van der Waals surface area contributed by atoms with Gasteiger partial charge in [-0.3, -0.25) is 4.79 Å². The minimum atomic E-state index is -0.420. The first kappa shape index (κ1) is 19.7. The number of fused-ring (bicyclic) bond motifs is 2. The summed E-state index contributed by atoms with van der Waals surface area (Å²) in [5.41, 5.74) is 2.34. The van der Waals surface area contributed by atoms with Gasteiger partial charge in [-0.15, -0.1) is 11.3 Å². The summed E-state index contributed by atoms with van der Waals surface area (Å²) in [5.74, 6) is 0.132. The smallest absolute Gasteiger partial charge is 0.348 e. The highest BCUT2D eigenvalue weighted by molar-refractivity contribution is 7.99. The van der Waals surface area contributed by atoms with Crippen molar-refractivity contribution in [1.29, 1.82) is 0 Å². The average molecular weight is 429 g/mol. The zero-order valence-corrected chi connectivity index (χ0v) is 18.1. The van der Waals surface area contributed by atoms with Crippen molar-refractivity contribution < 1.29 is 9.53 Å². The van der Waals surface area contributed by atoms with Crippen molar-refractivity contribution >= 4 is 50.3 Å². The lowest BCUT2D eigenvalue weighted by Crippen LogP contribution is -2.13. The van der Waals surface area contributed by atoms with Crippen LogP contribution >= 0.6 is 23.1 Å². The Morgan fingerprint density at radius 2 is 2.10 bits per heavy atom. The summed E-state index contributed by atoms with van der Waals surface area (Å²) >= 11 is 2.72. The quantitative estimate of drug-likeness (QED) is 0.378. The van der Waals surface area contributed by atoms with Gasteiger partial charge in [0.15, 0.2) is 5.16 Å². The van der Waals surface area contributed by atoms with Crippen LogP contribution in [0.15, 0.2) is 34.2 Å². The molecule has 0 aliphatic carbocycles. The maximum absolute atomic E-state index is 12.7. The van der Waals surface area contributed by atoms with Gasteiger partial charge in [-0.1, -0.05) is 23.9 Å². The van der Waals surface area contributed by atoms with Crippen LogP contribution in [0.2, 0.25) is 0 Å². The molecule has 3 heterocycles. The van der Waals surface area contributed by atoms with E-state index >= 15 is 0 Å². The van der Waals surface area contributed by atoms with Crippen LogP contribution in [-0.4, -0.2) is 32.1 Å². The van der Waals surface area contributed by atoms with Crippen molar-refractivity contribution in [3.63, 3.8) is 0 Å². The van der Waals surface area contributed by atoms with E-state index in [1.54, 1.807) is 13.8 Å². The molecule has 0 aliphatic heterocycles. The number of nitrogens with one attached hydrogen (secondary N) is 1. The number of benzene rings is 1. The van der Waals surface area contributed by atoms with Gasteiger partial charge in [0, 0.05) is 7.05 Å². The molecule has 1 N–H and O–H groups in total. The highest BCUT2D eigenvalue weighted by atomic mass is 32.2. The first-order chi connectivity index (χ1) is 13.9. The van der Waals surface area contributed by atoms with Crippen LogP contribution in [-0.2, 0) is 11.8 Å². The fraction of sp³-hybridized carbons (Fsp3) is 0.300. The van der Waals surface area contributed by atoms with E-state index in [0.717, 1.165) is 16.2 Å². The highest BCUT2D eigenvalue weighted by Crippen LogP contribution is 2.35. The van der Waals surface area contributed by atoms with E-state index in [9.17, 15) is 9.59 Å². The van der Waals surface area contributed by atoms with E-state index in [-0.39, 0.29) is 17.4 Å². The van der Waals surface area contributed by atoms with E-state index in [4.69, 9.17) is 4.74 Å². The summed E-state index contributed by atoms with van der Waals surface area (Å²) in [6, 6.07) is 7.94. The van der Waals surface area contributed by atoms with Gasteiger partial charge in [0.05, 0.1) is 28.3 Å². The van der Waals surface area contributed by atoms with Crippen molar-refractivity contribution in [1.82, 2.24) is 19.5 Å². The van der Waals surface area contributed by atoms with Gasteiger partial charge < -0.3 is 14.3 Å². The number of H-pyrrole nitrogens is 1. The Kier molecular flexibility index (Phi) is 5.18. The fourth-order valence-electron chi connectivity index (χ4n) is 3.19. The Hall–Kier alpha value is -2.65. The first-order valence-corrected chi connectivity index (χ1v) is 10.9. The van der Waals surface area contributed by atoms with Gasteiger partial charge >= 0.3 is 5.97 Å². The average Bonchev–Trinajstić information content (AvgIpc) is 3.20. The SMILES string of the molecule is CCOC(=O)c1sc2nc(C(C)Sc3nc4ccccc4n3C)[nH]c(=O)c2c1C. The molecule has 150 valence electrons. The minimum Gasteiger partial charge on any atom is -0.462 e. The Balaban J connectivity index is 1.70. The van der Waals surface area contributed by atoms with Gasteiger partial charge in [-0.25, -0.2) is 14.8 Å². The number of imidazole rings is 1. The largest absolute Gasteiger partial charge is 0.462 e. The van der Waals surface area contributed by atoms with Crippen molar-refractivity contribution in [2.45, 2.75) is 31.2 Å². The molecule has 0 saturated heterocycles. The molecule has 9 heteroatoms. The van der Waals surface area contributed by atoms with Crippen LogP contribution in [0, 0.1) is 6.92 Å². The molecule has 3 aromatic heterocycles. The van der Waals surface area contributed by atoms with Crippen molar-refractivity contribution in [3.8, 4) is 0 Å². The second-order valence-electron chi connectivity index (χ2n) is 6.61. The zero-order valence-electron chi connectivity index (χ0n) is 16.5. The monoisotopic (exact) mass is 428 g/mol. The summed E-state index contributed by atoms with van der Waals surface area (Å²) in [6.45, 7) is 5.76. The Morgan fingerprint density at radius 1 is 1.34 bits per heavy atom. The summed E-state index contributed by atoms with van der Waals surface area (Å²) in [7, 11) is 1.97. The first-order valence-electron chi connectivity index (χ1n) is 9.19. The number of carbonyl (C=O) groups is 1. The van der Waals surface area contributed by atoms with Gasteiger partial charge in [-0.2, -0.15) is 0 Å². The second kappa shape index (κ2) is 7.64. The van der Waals surface area contributed by atoms with Gasteiger partial charge in [-0.05, 0) is 38.5 Å². The number of thioether (sulfide) groups is 1. The minimum absolute atomic E-state index is 0.129. The number of rotatable bonds is 5. The lowest BCUT2D eigenvalue weighted by atomic mass is 10.2. The van der Waals surface area contributed by atoms with Crippen molar-refractivity contribution in [3.05, 3.63) is 50.9 Å². The molecule has 0 bridgehead atoms. The summed E-state index contributed by atoms with van der Waals surface area (Å²) in [4.78, 5) is 38.0. The summed E-state index contributed by atoms with van der Waals surface area (Å²) < 4.78 is 7.12. The molecule has 4 aromatic rings. The summed E-state index contributed by atoms with van der Waals surface area (Å²) in [5, 5.41) is 1.16. The van der Waals surface area contributed by atoms with Crippen LogP contribution < -0.4 is 5.56 Å². The van der Waals surface area contributed by atoms with E-state index in [1.165, 1.54) is 23.1 Å². The van der Waals surface area contributed by atoms with Crippen LogP contribution in [0.1, 0.15) is 40.2 Å². The van der Waals surface area contributed by atoms with Gasteiger partial charge in [0.25, 0.3) is 5.56 Å². The van der Waals surface area contributed by atoms with Crippen molar-refractivity contribution in [2.24, 2.45) is 7.05 Å². The Morgan fingerprint density at radius 3 is 2.83 bits per heavy atom. The van der Waals surface area contributed by atoms with E-state index in [0.29, 0.717) is 26.5 Å². The number of nitrogens with zero attached hydrogens (tertiary/aromatic N) is 3. The molecule has 1 atom stereocenters. The van der Waals surface area contributed by atoms with Crippen LogP contribution in [0.25, 0.3) is 21.3 Å². The number of hydrogen-bond donors (Lipinski definition) is 1. The van der Waals surface area contributed by atoms with Gasteiger partial charge in [0.1, 0.15) is 15.5 Å². The number of para-hydroxylation sites is 2. The molecule has 4 rings (SSSR count). The molecule has 1 aromatic carbocycles. The normalized spacial score (nSPS) is 12.6. The number of aromatic amines is 1. The highest BCUT2D eigenvalue weighted by Gasteiger charge is 2.22. The molecular formula is C20H20N4O3S2. The van der Waals surface area contributed by atoms with E-state index in [2.05, 4.69) is 15.0 Å². The van der Waals surface area contributed by atoms with Gasteiger partial charge in [0.2, 0.25) is 0 Å². The number of esters is 1. The third-order valence-corrected chi connectivity index (χ3v) is 7.01. The molecule has 0 fully saturated rings. The number of ether oxygens (including phenoxy) is 1. The maximum atomic E-state index is 12.7. The fourth-order valence-corrected chi connectivity index (χ4v) is 5.22. The van der Waals surface area contributed by atoms with Crippen LogP contribution in [0.4, 0.5) is 0 Å². The molecule has 29 heavy (non-hydrogen) atoms. The predicted octanol–water partition coefficient (Wildman–Crippen LogP) is 4.21. The zero-order chi connectivity index (χ0) is 20.7. The van der Waals surface area contributed by atoms with Crippen LogP contribution in [0.5, 0.6) is 0 Å². The standard InChI is InChI=1S/C20H20N4O3S2/c1-5-27-19(26)15-10(2)14-17(25)22-16(23-18(14)29-15)11(3)28-20-21-12-8-6-7-9-13(12)24(20)4/h6-9,11H,5H2,1-4H3,(H,22,23,25). The number of aromatic nitrogens is 4. The maximum Gasteiger partial charge on any atom is 0.348 e. The van der Waals surface area contributed by atoms with Crippen LogP contribution in [0.3, 0.4) is 0 Å². The molecule has 1 unspecified atom stereocenters. The molecule has 0 aliphatic rings. The molecule has 0 saturated carbocycles. The molecule has 7 nitrogen and oxygen atoms in total. The lowest BCUT2D eigenvalue weighted by molar-refractivity contribution is 0.0531. The molecular weight excluding hydrogens is 408 g/mol. The Labute approximate surface area is 175 Å². The molecule has 0 amide bonds.